The van der Waals surface area contributed by atoms with E-state index in [1.807, 2.05) is 0 Å². The molecule has 1 aromatic rings. The minimum absolute atomic E-state index is 0.0829. The van der Waals surface area contributed by atoms with Gasteiger partial charge in [0.2, 0.25) is 0 Å². The van der Waals surface area contributed by atoms with Gasteiger partial charge in [-0.05, 0) is 5.56 Å². The highest BCUT2D eigenvalue weighted by molar-refractivity contribution is 7.93. The second kappa shape index (κ2) is 5.19. The Balaban J connectivity index is 2.82. The lowest BCUT2D eigenvalue weighted by Crippen LogP contribution is -2.22. The molecule has 0 heterocycles. The summed E-state index contributed by atoms with van der Waals surface area (Å²) in [6.07, 6.45) is 0. The quantitative estimate of drug-likeness (QED) is 0.484. The van der Waals surface area contributed by atoms with Crippen LogP contribution in [0.5, 0.6) is 0 Å². The number of hydrogen-bond donors (Lipinski definition) is 1. The SMILES string of the molecule is NC(=S)CS(=O)(=O)Cc1ccc([N+](=O)[O-])cc1. The number of sulfone groups is 1. The van der Waals surface area contributed by atoms with E-state index in [1.165, 1.54) is 24.3 Å². The van der Waals surface area contributed by atoms with Crippen LogP contribution in [0.4, 0.5) is 5.69 Å². The van der Waals surface area contributed by atoms with Crippen LogP contribution in [0.2, 0.25) is 0 Å². The fourth-order valence-corrected chi connectivity index (χ4v) is 3.01. The summed E-state index contributed by atoms with van der Waals surface area (Å²) in [7, 11) is -3.40. The highest BCUT2D eigenvalue weighted by Crippen LogP contribution is 2.14. The summed E-state index contributed by atoms with van der Waals surface area (Å²) < 4.78 is 23.1. The van der Waals surface area contributed by atoms with Gasteiger partial charge in [0, 0.05) is 12.1 Å². The smallest absolute Gasteiger partial charge is 0.269 e. The van der Waals surface area contributed by atoms with E-state index in [4.69, 9.17) is 5.73 Å². The molecule has 0 saturated heterocycles. The van der Waals surface area contributed by atoms with Crippen molar-refractivity contribution in [3.63, 3.8) is 0 Å². The van der Waals surface area contributed by atoms with Crippen LogP contribution in [0.1, 0.15) is 5.56 Å². The Morgan fingerprint density at radius 3 is 2.29 bits per heavy atom. The van der Waals surface area contributed by atoms with Crippen LogP contribution >= 0.6 is 12.2 Å². The van der Waals surface area contributed by atoms with Crippen molar-refractivity contribution in [2.45, 2.75) is 5.75 Å². The topological polar surface area (TPSA) is 103 Å². The predicted octanol–water partition coefficient (Wildman–Crippen LogP) is 0.796. The van der Waals surface area contributed by atoms with Gasteiger partial charge in [0.1, 0.15) is 5.75 Å². The molecule has 0 aliphatic carbocycles. The maximum atomic E-state index is 11.5. The number of nitro benzene ring substituents is 1. The minimum Gasteiger partial charge on any atom is -0.392 e. The third-order valence-corrected chi connectivity index (χ3v) is 3.75. The summed E-state index contributed by atoms with van der Waals surface area (Å²) in [5.41, 5.74) is 5.54. The van der Waals surface area contributed by atoms with Crippen molar-refractivity contribution in [2.75, 3.05) is 5.75 Å². The highest BCUT2D eigenvalue weighted by atomic mass is 32.2. The molecule has 8 heteroatoms. The zero-order valence-electron chi connectivity index (χ0n) is 8.70. The van der Waals surface area contributed by atoms with Gasteiger partial charge >= 0.3 is 0 Å². The Morgan fingerprint density at radius 1 is 1.35 bits per heavy atom. The maximum absolute atomic E-state index is 11.5. The molecule has 0 aliphatic rings. The third kappa shape index (κ3) is 4.45. The lowest BCUT2D eigenvalue weighted by Gasteiger charge is -2.03. The molecular formula is C9H10N2O4S2. The van der Waals surface area contributed by atoms with E-state index in [0.717, 1.165) is 0 Å². The largest absolute Gasteiger partial charge is 0.392 e. The molecular weight excluding hydrogens is 264 g/mol. The van der Waals surface area contributed by atoms with Crippen LogP contribution in [0, 0.1) is 10.1 Å². The minimum atomic E-state index is -3.40. The second-order valence-corrected chi connectivity index (χ2v) is 6.01. The molecule has 0 spiro atoms. The van der Waals surface area contributed by atoms with Gasteiger partial charge in [-0.25, -0.2) is 8.42 Å². The number of thiocarbonyl (C=S) groups is 1. The van der Waals surface area contributed by atoms with E-state index < -0.39 is 14.8 Å². The Bertz CT molecular complexity index is 537. The number of nitrogens with zero attached hydrogens (tertiary/aromatic N) is 1. The molecule has 1 aromatic carbocycles. The van der Waals surface area contributed by atoms with Crippen LogP contribution in [0.15, 0.2) is 24.3 Å². The van der Waals surface area contributed by atoms with Gasteiger partial charge in [-0.3, -0.25) is 10.1 Å². The number of hydrogen-bond acceptors (Lipinski definition) is 5. The number of nitro groups is 1. The van der Waals surface area contributed by atoms with Crippen LogP contribution in [0.25, 0.3) is 0 Å². The van der Waals surface area contributed by atoms with Crippen molar-refractivity contribution in [2.24, 2.45) is 5.73 Å². The summed E-state index contributed by atoms with van der Waals surface area (Å²) in [5.74, 6) is -0.596. The molecule has 0 unspecified atom stereocenters. The molecule has 1 rings (SSSR count). The van der Waals surface area contributed by atoms with Crippen molar-refractivity contribution in [1.29, 1.82) is 0 Å². The van der Waals surface area contributed by atoms with E-state index in [9.17, 15) is 18.5 Å². The number of rotatable bonds is 5. The molecule has 0 bridgehead atoms. The molecule has 2 N–H and O–H groups in total. The Kier molecular flexibility index (Phi) is 4.13. The van der Waals surface area contributed by atoms with Crippen LogP contribution in [-0.2, 0) is 15.6 Å². The van der Waals surface area contributed by atoms with Gasteiger partial charge in [0.05, 0.1) is 15.7 Å². The monoisotopic (exact) mass is 274 g/mol. The molecule has 17 heavy (non-hydrogen) atoms. The van der Waals surface area contributed by atoms with Gasteiger partial charge in [-0.2, -0.15) is 0 Å². The fraction of sp³-hybridized carbons (Fsp3) is 0.222. The standard InChI is InChI=1S/C9H10N2O4S2/c10-9(16)6-17(14,15)5-7-1-3-8(4-2-7)11(12)13/h1-4H,5-6H2,(H2,10,16). The molecule has 0 amide bonds. The fourth-order valence-electron chi connectivity index (χ4n) is 1.24. The molecule has 0 atom stereocenters. The normalized spacial score (nSPS) is 11.1. The average Bonchev–Trinajstić information content (AvgIpc) is 2.15. The zero-order chi connectivity index (χ0) is 13.1. The van der Waals surface area contributed by atoms with Gasteiger partial charge in [-0.1, -0.05) is 24.4 Å². The third-order valence-electron chi connectivity index (χ3n) is 1.90. The molecule has 0 radical (unpaired) electrons. The van der Waals surface area contributed by atoms with E-state index in [2.05, 4.69) is 12.2 Å². The van der Waals surface area contributed by atoms with E-state index in [-0.39, 0.29) is 22.2 Å². The van der Waals surface area contributed by atoms with Crippen LogP contribution < -0.4 is 5.73 Å². The lowest BCUT2D eigenvalue weighted by atomic mass is 10.2. The summed E-state index contributed by atoms with van der Waals surface area (Å²) in [6, 6.07) is 5.31. The Morgan fingerprint density at radius 2 is 1.88 bits per heavy atom. The first-order valence-electron chi connectivity index (χ1n) is 4.52. The predicted molar refractivity (Wildman–Crippen MR) is 67.4 cm³/mol. The number of non-ortho nitro benzene ring substituents is 1. The van der Waals surface area contributed by atoms with Crippen LogP contribution in [-0.4, -0.2) is 24.1 Å². The summed E-state index contributed by atoms with van der Waals surface area (Å²) in [4.78, 5) is 9.76. The van der Waals surface area contributed by atoms with Crippen molar-refractivity contribution >= 4 is 32.7 Å². The van der Waals surface area contributed by atoms with Gasteiger partial charge in [-0.15, -0.1) is 0 Å². The molecule has 0 fully saturated rings. The lowest BCUT2D eigenvalue weighted by molar-refractivity contribution is -0.384. The molecule has 0 aliphatic heterocycles. The summed E-state index contributed by atoms with van der Waals surface area (Å²) in [6.45, 7) is 0. The van der Waals surface area contributed by atoms with Gasteiger partial charge in [0.25, 0.3) is 5.69 Å². The molecule has 6 nitrogen and oxygen atoms in total. The Labute approximate surface area is 104 Å². The number of benzene rings is 1. The van der Waals surface area contributed by atoms with Gasteiger partial charge < -0.3 is 5.73 Å². The summed E-state index contributed by atoms with van der Waals surface area (Å²) >= 11 is 4.52. The first-order chi connectivity index (χ1) is 7.80. The van der Waals surface area contributed by atoms with E-state index in [0.29, 0.717) is 5.56 Å². The van der Waals surface area contributed by atoms with Crippen molar-refractivity contribution in [3.8, 4) is 0 Å². The van der Waals surface area contributed by atoms with Crippen molar-refractivity contribution < 1.29 is 13.3 Å². The van der Waals surface area contributed by atoms with E-state index in [1.54, 1.807) is 0 Å². The molecule has 0 saturated carbocycles. The second-order valence-electron chi connectivity index (χ2n) is 3.42. The summed E-state index contributed by atoms with van der Waals surface area (Å²) in [5, 5.41) is 10.4. The Hall–Kier alpha value is -1.54. The van der Waals surface area contributed by atoms with Crippen molar-refractivity contribution in [3.05, 3.63) is 39.9 Å². The maximum Gasteiger partial charge on any atom is 0.269 e. The average molecular weight is 274 g/mol. The van der Waals surface area contributed by atoms with Gasteiger partial charge in [0.15, 0.2) is 9.84 Å². The van der Waals surface area contributed by atoms with E-state index >= 15 is 0 Å². The highest BCUT2D eigenvalue weighted by Gasteiger charge is 2.14. The molecule has 92 valence electrons. The first kappa shape index (κ1) is 13.5. The zero-order valence-corrected chi connectivity index (χ0v) is 10.3. The van der Waals surface area contributed by atoms with Crippen molar-refractivity contribution in [1.82, 2.24) is 0 Å². The number of nitrogens with two attached hydrogens (primary N) is 1. The molecule has 0 aromatic heterocycles. The van der Waals surface area contributed by atoms with Crippen LogP contribution in [0.3, 0.4) is 0 Å². The first-order valence-corrected chi connectivity index (χ1v) is 6.75.